The Hall–Kier alpha value is -1.41. The lowest BCUT2D eigenvalue weighted by molar-refractivity contribution is 0.114. The molecule has 1 saturated heterocycles. The Kier molecular flexibility index (Phi) is 5.01. The molecule has 1 aromatic rings. The van der Waals surface area contributed by atoms with Crippen LogP contribution in [-0.4, -0.2) is 12.7 Å². The summed E-state index contributed by atoms with van der Waals surface area (Å²) < 4.78 is 20.3. The van der Waals surface area contributed by atoms with Crippen molar-refractivity contribution in [2.75, 3.05) is 6.61 Å². The van der Waals surface area contributed by atoms with Gasteiger partial charge in [-0.05, 0) is 66.7 Å². The first-order valence-electron chi connectivity index (χ1n) is 8.86. The Morgan fingerprint density at radius 3 is 2.83 bits per heavy atom. The molecule has 0 bridgehead atoms. The minimum Gasteiger partial charge on any atom is -0.373 e. The second kappa shape index (κ2) is 7.00. The minimum absolute atomic E-state index is 0.0954. The molecule has 1 heterocycles. The van der Waals surface area contributed by atoms with E-state index in [2.05, 4.69) is 32.9 Å². The van der Waals surface area contributed by atoms with Crippen molar-refractivity contribution in [3.05, 3.63) is 58.9 Å². The number of ether oxygens (including phenoxy) is 1. The molecule has 1 fully saturated rings. The molecule has 0 saturated carbocycles. The van der Waals surface area contributed by atoms with Crippen LogP contribution in [-0.2, 0) is 4.74 Å². The van der Waals surface area contributed by atoms with E-state index in [-0.39, 0.29) is 17.8 Å². The molecule has 0 radical (unpaired) electrons. The van der Waals surface area contributed by atoms with E-state index in [0.29, 0.717) is 11.8 Å². The van der Waals surface area contributed by atoms with Gasteiger partial charge in [0.25, 0.3) is 0 Å². The van der Waals surface area contributed by atoms with Gasteiger partial charge in [0.05, 0.1) is 6.10 Å². The van der Waals surface area contributed by atoms with Crippen molar-refractivity contribution in [1.29, 1.82) is 0 Å². The summed E-state index contributed by atoms with van der Waals surface area (Å²) in [5, 5.41) is 0. The van der Waals surface area contributed by atoms with Crippen LogP contribution in [0.4, 0.5) is 4.39 Å². The molecule has 0 spiro atoms. The Morgan fingerprint density at radius 2 is 2.09 bits per heavy atom. The molecule has 2 aliphatic rings. The SMILES string of the molecule is CCC1C=C(C2OCCC2C(C)c2ccccc2F)C(C)=CC1. The highest BCUT2D eigenvalue weighted by Crippen LogP contribution is 2.42. The maximum absolute atomic E-state index is 14.2. The fourth-order valence-electron chi connectivity index (χ4n) is 4.02. The van der Waals surface area contributed by atoms with Crippen LogP contribution in [0.25, 0.3) is 0 Å². The Bertz CT molecular complexity index is 616. The highest BCUT2D eigenvalue weighted by atomic mass is 19.1. The van der Waals surface area contributed by atoms with Crippen molar-refractivity contribution < 1.29 is 9.13 Å². The normalized spacial score (nSPS) is 29.1. The van der Waals surface area contributed by atoms with Gasteiger partial charge in [-0.25, -0.2) is 4.39 Å². The molecule has 23 heavy (non-hydrogen) atoms. The second-order valence-corrected chi connectivity index (χ2v) is 6.97. The quantitative estimate of drug-likeness (QED) is 0.699. The molecule has 1 nitrogen and oxygen atoms in total. The topological polar surface area (TPSA) is 9.23 Å². The monoisotopic (exact) mass is 314 g/mol. The number of hydrogen-bond donors (Lipinski definition) is 0. The summed E-state index contributed by atoms with van der Waals surface area (Å²) in [5.74, 6) is 1.03. The van der Waals surface area contributed by atoms with Crippen molar-refractivity contribution in [2.45, 2.75) is 52.1 Å². The molecule has 1 aromatic carbocycles. The van der Waals surface area contributed by atoms with Gasteiger partial charge in [0.1, 0.15) is 5.82 Å². The first kappa shape index (κ1) is 16.4. The molecule has 0 N–H and O–H groups in total. The standard InChI is InChI=1S/C21H27FO/c1-4-16-10-9-14(2)19(13-16)21-18(11-12-23-21)15(3)17-7-5-6-8-20(17)22/h5-9,13,15-16,18,21H,4,10-12H2,1-3H3. The first-order valence-corrected chi connectivity index (χ1v) is 8.86. The Labute approximate surface area is 139 Å². The van der Waals surface area contributed by atoms with Gasteiger partial charge in [-0.3, -0.25) is 0 Å². The third kappa shape index (κ3) is 3.28. The third-order valence-corrected chi connectivity index (χ3v) is 5.60. The summed E-state index contributed by atoms with van der Waals surface area (Å²) in [6, 6.07) is 7.17. The van der Waals surface area contributed by atoms with Gasteiger partial charge in [-0.1, -0.05) is 44.2 Å². The first-order chi connectivity index (χ1) is 11.1. The summed E-state index contributed by atoms with van der Waals surface area (Å²) in [5.41, 5.74) is 3.50. The zero-order valence-corrected chi connectivity index (χ0v) is 14.4. The van der Waals surface area contributed by atoms with Crippen LogP contribution in [0.5, 0.6) is 0 Å². The lowest BCUT2D eigenvalue weighted by Gasteiger charge is -2.30. The molecule has 3 rings (SSSR count). The summed E-state index contributed by atoms with van der Waals surface area (Å²) in [7, 11) is 0. The summed E-state index contributed by atoms with van der Waals surface area (Å²) >= 11 is 0. The van der Waals surface area contributed by atoms with Crippen molar-refractivity contribution >= 4 is 0 Å². The minimum atomic E-state index is -0.0954. The van der Waals surface area contributed by atoms with Gasteiger partial charge in [0.15, 0.2) is 0 Å². The van der Waals surface area contributed by atoms with Crippen molar-refractivity contribution in [1.82, 2.24) is 0 Å². The average Bonchev–Trinajstić information content (AvgIpc) is 3.04. The van der Waals surface area contributed by atoms with E-state index in [9.17, 15) is 4.39 Å². The average molecular weight is 314 g/mol. The van der Waals surface area contributed by atoms with Crippen LogP contribution >= 0.6 is 0 Å². The van der Waals surface area contributed by atoms with Gasteiger partial charge in [0.2, 0.25) is 0 Å². The summed E-state index contributed by atoms with van der Waals surface area (Å²) in [6.07, 6.45) is 8.15. The Morgan fingerprint density at radius 1 is 1.30 bits per heavy atom. The lowest BCUT2D eigenvalue weighted by Crippen LogP contribution is -2.26. The predicted octanol–water partition coefficient (Wildman–Crippen LogP) is 5.64. The fraction of sp³-hybridized carbons (Fsp3) is 0.524. The number of allylic oxidation sites excluding steroid dienone is 2. The van der Waals surface area contributed by atoms with Gasteiger partial charge < -0.3 is 4.74 Å². The molecular weight excluding hydrogens is 287 g/mol. The number of hydrogen-bond acceptors (Lipinski definition) is 1. The largest absolute Gasteiger partial charge is 0.373 e. The van der Waals surface area contributed by atoms with Gasteiger partial charge in [0, 0.05) is 6.61 Å². The van der Waals surface area contributed by atoms with E-state index in [4.69, 9.17) is 4.74 Å². The molecular formula is C21H27FO. The molecule has 2 heteroatoms. The fourth-order valence-corrected chi connectivity index (χ4v) is 4.02. The second-order valence-electron chi connectivity index (χ2n) is 6.97. The lowest BCUT2D eigenvalue weighted by atomic mass is 9.77. The van der Waals surface area contributed by atoms with Gasteiger partial charge in [-0.2, -0.15) is 0 Å². The summed E-state index contributed by atoms with van der Waals surface area (Å²) in [6.45, 7) is 7.34. The zero-order valence-electron chi connectivity index (χ0n) is 14.4. The Balaban J connectivity index is 1.87. The van der Waals surface area contributed by atoms with E-state index in [1.807, 2.05) is 12.1 Å². The van der Waals surface area contributed by atoms with Crippen molar-refractivity contribution in [3.63, 3.8) is 0 Å². The highest BCUT2D eigenvalue weighted by Gasteiger charge is 2.37. The van der Waals surface area contributed by atoms with E-state index in [0.717, 1.165) is 31.4 Å². The van der Waals surface area contributed by atoms with E-state index < -0.39 is 0 Å². The molecule has 4 atom stereocenters. The van der Waals surface area contributed by atoms with Crippen LogP contribution in [0.15, 0.2) is 47.6 Å². The third-order valence-electron chi connectivity index (χ3n) is 5.60. The van der Waals surface area contributed by atoms with Crippen molar-refractivity contribution in [3.8, 4) is 0 Å². The van der Waals surface area contributed by atoms with Gasteiger partial charge >= 0.3 is 0 Å². The summed E-state index contributed by atoms with van der Waals surface area (Å²) in [4.78, 5) is 0. The van der Waals surface area contributed by atoms with Crippen LogP contribution < -0.4 is 0 Å². The van der Waals surface area contributed by atoms with Crippen LogP contribution in [0.1, 0.15) is 51.5 Å². The van der Waals surface area contributed by atoms with Crippen molar-refractivity contribution in [2.24, 2.45) is 11.8 Å². The van der Waals surface area contributed by atoms with E-state index in [1.54, 1.807) is 12.1 Å². The van der Waals surface area contributed by atoms with E-state index >= 15 is 0 Å². The molecule has 1 aliphatic heterocycles. The number of halogens is 1. The molecule has 1 aliphatic carbocycles. The van der Waals surface area contributed by atoms with E-state index in [1.165, 1.54) is 11.1 Å². The van der Waals surface area contributed by atoms with Crippen LogP contribution in [0, 0.1) is 17.7 Å². The van der Waals surface area contributed by atoms with Gasteiger partial charge in [-0.15, -0.1) is 0 Å². The molecule has 124 valence electrons. The number of benzene rings is 1. The molecule has 0 aromatic heterocycles. The number of rotatable bonds is 4. The van der Waals surface area contributed by atoms with Crippen LogP contribution in [0.2, 0.25) is 0 Å². The molecule has 0 amide bonds. The molecule has 4 unspecified atom stereocenters. The zero-order chi connectivity index (χ0) is 16.4. The highest BCUT2D eigenvalue weighted by molar-refractivity contribution is 5.38. The van der Waals surface area contributed by atoms with Crippen LogP contribution in [0.3, 0.4) is 0 Å². The predicted molar refractivity (Wildman–Crippen MR) is 92.9 cm³/mol. The maximum Gasteiger partial charge on any atom is 0.126 e. The maximum atomic E-state index is 14.2. The smallest absolute Gasteiger partial charge is 0.126 e.